The zero-order valence-electron chi connectivity index (χ0n) is 14.4. The lowest BCUT2D eigenvalue weighted by molar-refractivity contribution is -0.121. The van der Waals surface area contributed by atoms with Crippen LogP contribution < -0.4 is 10.1 Å². The highest BCUT2D eigenvalue weighted by Crippen LogP contribution is 2.43. The maximum absolute atomic E-state index is 12.9. The normalized spacial score (nSPS) is 12.0. The van der Waals surface area contributed by atoms with Crippen molar-refractivity contribution in [1.82, 2.24) is 5.32 Å². The van der Waals surface area contributed by atoms with Gasteiger partial charge in [0.05, 0.1) is 12.5 Å². The summed E-state index contributed by atoms with van der Waals surface area (Å²) in [5.41, 5.74) is 2.37. The lowest BCUT2D eigenvalue weighted by Crippen LogP contribution is -2.31. The van der Waals surface area contributed by atoms with E-state index in [2.05, 4.69) is 17.2 Å². The summed E-state index contributed by atoms with van der Waals surface area (Å²) in [6.07, 6.45) is 0. The minimum atomic E-state index is -0.446. The number of nitrogens with one attached hydrogen (secondary N) is 1. The summed E-state index contributed by atoms with van der Waals surface area (Å²) in [5, 5.41) is 2.87. The molecule has 3 nitrogen and oxygen atoms in total. The molecule has 0 atom stereocenters. The SMILES string of the molecule is O=C(NCC#Cc1ccc(F)cc1)C1c2ccccc2Oc2ccccc21. The predicted molar refractivity (Wildman–Crippen MR) is 101 cm³/mol. The van der Waals surface area contributed by atoms with Gasteiger partial charge in [0.1, 0.15) is 17.3 Å². The fourth-order valence-electron chi connectivity index (χ4n) is 3.11. The Morgan fingerprint density at radius 2 is 1.52 bits per heavy atom. The number of hydrogen-bond acceptors (Lipinski definition) is 2. The second-order valence-electron chi connectivity index (χ2n) is 6.14. The first-order chi connectivity index (χ1) is 13.2. The van der Waals surface area contributed by atoms with Crippen molar-refractivity contribution in [2.45, 2.75) is 5.92 Å². The van der Waals surface area contributed by atoms with Crippen LogP contribution in [0.4, 0.5) is 4.39 Å². The van der Waals surface area contributed by atoms with Crippen LogP contribution in [0.2, 0.25) is 0 Å². The average molecular weight is 357 g/mol. The second-order valence-corrected chi connectivity index (χ2v) is 6.14. The van der Waals surface area contributed by atoms with Gasteiger partial charge in [-0.2, -0.15) is 0 Å². The Kier molecular flexibility index (Phi) is 4.59. The number of para-hydroxylation sites is 2. The molecule has 0 bridgehead atoms. The molecular weight excluding hydrogens is 341 g/mol. The molecule has 27 heavy (non-hydrogen) atoms. The highest BCUT2D eigenvalue weighted by atomic mass is 19.1. The van der Waals surface area contributed by atoms with Gasteiger partial charge in [0.15, 0.2) is 0 Å². The highest BCUT2D eigenvalue weighted by Gasteiger charge is 2.31. The fourth-order valence-corrected chi connectivity index (χ4v) is 3.11. The number of carbonyl (C=O) groups excluding carboxylic acids is 1. The smallest absolute Gasteiger partial charge is 0.233 e. The van der Waals surface area contributed by atoms with Crippen LogP contribution in [0, 0.1) is 17.7 Å². The van der Waals surface area contributed by atoms with Crippen LogP contribution in [0.1, 0.15) is 22.6 Å². The number of fused-ring (bicyclic) bond motifs is 2. The third-order valence-electron chi connectivity index (χ3n) is 4.37. The van der Waals surface area contributed by atoms with Gasteiger partial charge in [0.2, 0.25) is 5.91 Å². The van der Waals surface area contributed by atoms with Crippen molar-refractivity contribution >= 4 is 5.91 Å². The molecule has 1 N–H and O–H groups in total. The van der Waals surface area contributed by atoms with Gasteiger partial charge in [-0.15, -0.1) is 0 Å². The zero-order valence-corrected chi connectivity index (χ0v) is 14.4. The summed E-state index contributed by atoms with van der Waals surface area (Å²) < 4.78 is 18.8. The van der Waals surface area contributed by atoms with Crippen LogP contribution in [-0.4, -0.2) is 12.5 Å². The molecule has 4 rings (SSSR count). The van der Waals surface area contributed by atoms with Gasteiger partial charge in [-0.25, -0.2) is 4.39 Å². The maximum Gasteiger partial charge on any atom is 0.233 e. The molecule has 4 heteroatoms. The fraction of sp³-hybridized carbons (Fsp3) is 0.0870. The van der Waals surface area contributed by atoms with E-state index >= 15 is 0 Å². The number of benzene rings is 3. The third-order valence-corrected chi connectivity index (χ3v) is 4.37. The minimum Gasteiger partial charge on any atom is -0.457 e. The summed E-state index contributed by atoms with van der Waals surface area (Å²) in [7, 11) is 0. The van der Waals surface area contributed by atoms with Gasteiger partial charge in [0, 0.05) is 16.7 Å². The van der Waals surface area contributed by atoms with E-state index in [1.807, 2.05) is 48.5 Å². The van der Waals surface area contributed by atoms with Crippen molar-refractivity contribution < 1.29 is 13.9 Å². The number of rotatable bonds is 2. The van der Waals surface area contributed by atoms with Gasteiger partial charge in [-0.05, 0) is 36.4 Å². The van der Waals surface area contributed by atoms with E-state index < -0.39 is 5.92 Å². The zero-order chi connectivity index (χ0) is 18.6. The summed E-state index contributed by atoms with van der Waals surface area (Å²) in [5.74, 6) is 6.31. The monoisotopic (exact) mass is 357 g/mol. The van der Waals surface area contributed by atoms with Crippen molar-refractivity contribution in [2.75, 3.05) is 6.54 Å². The second kappa shape index (κ2) is 7.35. The molecule has 132 valence electrons. The lowest BCUT2D eigenvalue weighted by Gasteiger charge is -2.27. The first-order valence-electron chi connectivity index (χ1n) is 8.60. The quantitative estimate of drug-likeness (QED) is 0.697. The molecule has 1 amide bonds. The summed E-state index contributed by atoms with van der Waals surface area (Å²) in [4.78, 5) is 12.9. The van der Waals surface area contributed by atoms with E-state index in [1.165, 1.54) is 12.1 Å². The maximum atomic E-state index is 12.9. The Labute approximate surface area is 156 Å². The van der Waals surface area contributed by atoms with Crippen LogP contribution >= 0.6 is 0 Å². The molecule has 0 aromatic heterocycles. The standard InChI is InChI=1S/C23H16FNO2/c24-17-13-11-16(12-14-17)6-5-15-25-23(26)22-18-7-1-3-9-20(18)27-21-10-4-2-8-19(21)22/h1-4,7-14,22H,15H2,(H,25,26). The Morgan fingerprint density at radius 3 is 2.15 bits per heavy atom. The molecule has 0 saturated carbocycles. The average Bonchev–Trinajstić information content (AvgIpc) is 2.70. The predicted octanol–water partition coefficient (Wildman–Crippen LogP) is 4.23. The van der Waals surface area contributed by atoms with Crippen LogP contribution in [0.3, 0.4) is 0 Å². The highest BCUT2D eigenvalue weighted by molar-refractivity contribution is 5.89. The van der Waals surface area contributed by atoms with E-state index in [0.29, 0.717) is 17.1 Å². The topological polar surface area (TPSA) is 38.3 Å². The van der Waals surface area contributed by atoms with Crippen LogP contribution in [-0.2, 0) is 4.79 Å². The molecule has 0 saturated heterocycles. The van der Waals surface area contributed by atoms with Crippen molar-refractivity contribution in [1.29, 1.82) is 0 Å². The molecule has 0 spiro atoms. The van der Waals surface area contributed by atoms with E-state index in [1.54, 1.807) is 12.1 Å². The largest absolute Gasteiger partial charge is 0.457 e. The number of carbonyl (C=O) groups is 1. The van der Waals surface area contributed by atoms with Crippen LogP contribution in [0.15, 0.2) is 72.8 Å². The van der Waals surface area contributed by atoms with Crippen molar-refractivity contribution in [3.05, 3.63) is 95.3 Å². The summed E-state index contributed by atoms with van der Waals surface area (Å²) in [6.45, 7) is 0.206. The number of amides is 1. The minimum absolute atomic E-state index is 0.133. The molecular formula is C23H16FNO2. The molecule has 0 aliphatic carbocycles. The van der Waals surface area contributed by atoms with Crippen molar-refractivity contribution in [2.24, 2.45) is 0 Å². The Balaban J connectivity index is 1.53. The van der Waals surface area contributed by atoms with E-state index in [9.17, 15) is 9.18 Å². The molecule has 0 radical (unpaired) electrons. The van der Waals surface area contributed by atoms with Crippen molar-refractivity contribution in [3.63, 3.8) is 0 Å². The first-order valence-corrected chi connectivity index (χ1v) is 8.60. The van der Waals surface area contributed by atoms with E-state index in [0.717, 1.165) is 11.1 Å². The molecule has 3 aromatic rings. The summed E-state index contributed by atoms with van der Waals surface area (Å²) in [6, 6.07) is 21.0. The lowest BCUT2D eigenvalue weighted by atomic mass is 9.87. The van der Waals surface area contributed by atoms with E-state index in [4.69, 9.17) is 4.74 Å². The molecule has 1 aliphatic rings. The summed E-state index contributed by atoms with van der Waals surface area (Å²) >= 11 is 0. The van der Waals surface area contributed by atoms with Crippen LogP contribution in [0.25, 0.3) is 0 Å². The molecule has 0 fully saturated rings. The van der Waals surface area contributed by atoms with Crippen LogP contribution in [0.5, 0.6) is 11.5 Å². The Hall–Kier alpha value is -3.58. The van der Waals surface area contributed by atoms with Gasteiger partial charge in [-0.3, -0.25) is 4.79 Å². The van der Waals surface area contributed by atoms with Gasteiger partial charge < -0.3 is 10.1 Å². The number of ether oxygens (including phenoxy) is 1. The molecule has 1 heterocycles. The number of hydrogen-bond donors (Lipinski definition) is 1. The van der Waals surface area contributed by atoms with E-state index in [-0.39, 0.29) is 18.3 Å². The first kappa shape index (κ1) is 16.9. The molecule has 3 aromatic carbocycles. The van der Waals surface area contributed by atoms with Crippen molar-refractivity contribution in [3.8, 4) is 23.3 Å². The van der Waals surface area contributed by atoms with Gasteiger partial charge >= 0.3 is 0 Å². The molecule has 0 unspecified atom stereocenters. The van der Waals surface area contributed by atoms with Gasteiger partial charge in [-0.1, -0.05) is 48.2 Å². The Morgan fingerprint density at radius 1 is 0.926 bits per heavy atom. The molecule has 1 aliphatic heterocycles. The number of halogens is 1. The Bertz CT molecular complexity index is 1000. The third kappa shape index (κ3) is 3.54. The van der Waals surface area contributed by atoms with Gasteiger partial charge in [0.25, 0.3) is 0 Å².